The van der Waals surface area contributed by atoms with E-state index in [1.807, 2.05) is 55.5 Å². The highest BCUT2D eigenvalue weighted by atomic mass is 14.8. The van der Waals surface area contributed by atoms with Crippen LogP contribution in [0.4, 0.5) is 0 Å². The number of rotatable bonds is 4. The molecule has 0 bridgehead atoms. The molecule has 21 heavy (non-hydrogen) atoms. The number of aliphatic imine (C=N–C) groups is 1. The van der Waals surface area contributed by atoms with Crippen molar-refractivity contribution in [1.29, 1.82) is 5.26 Å². The lowest BCUT2D eigenvalue weighted by Gasteiger charge is -2.07. The predicted molar refractivity (Wildman–Crippen MR) is 88.1 cm³/mol. The van der Waals surface area contributed by atoms with Gasteiger partial charge in [-0.15, -0.1) is 0 Å². The van der Waals surface area contributed by atoms with Crippen molar-refractivity contribution < 1.29 is 0 Å². The molecule has 2 heteroatoms. The molecule has 0 aliphatic heterocycles. The number of hydrogen-bond acceptors (Lipinski definition) is 2. The molecule has 0 aromatic heterocycles. The van der Waals surface area contributed by atoms with E-state index in [2.05, 4.69) is 25.1 Å². The van der Waals surface area contributed by atoms with Crippen molar-refractivity contribution in [2.75, 3.05) is 0 Å². The fraction of sp³-hybridized carbons (Fsp3) is 0.158. The van der Waals surface area contributed by atoms with Crippen LogP contribution in [0.3, 0.4) is 0 Å². The van der Waals surface area contributed by atoms with E-state index in [-0.39, 0.29) is 0 Å². The Morgan fingerprint density at radius 2 is 1.71 bits per heavy atom. The molecule has 2 aromatic rings. The molecule has 2 aromatic carbocycles. The molecule has 0 N–H and O–H groups in total. The second kappa shape index (κ2) is 7.21. The Morgan fingerprint density at radius 3 is 2.24 bits per heavy atom. The van der Waals surface area contributed by atoms with E-state index in [0.717, 1.165) is 29.0 Å². The average Bonchev–Trinajstić information content (AvgIpc) is 2.57. The Bertz CT molecular complexity index is 687. The Balaban J connectivity index is 2.37. The minimum atomic E-state index is 0.670. The molecule has 2 nitrogen and oxygen atoms in total. The molecule has 0 atom stereocenters. The first-order valence-electron chi connectivity index (χ1n) is 7.08. The third kappa shape index (κ3) is 3.67. The molecule has 0 amide bonds. The Hall–Kier alpha value is -2.66. The lowest BCUT2D eigenvalue weighted by molar-refractivity contribution is 1.26. The van der Waals surface area contributed by atoms with Crippen LogP contribution in [0.25, 0.3) is 5.70 Å². The van der Waals surface area contributed by atoms with Crippen LogP contribution in [-0.2, 0) is 0 Å². The van der Waals surface area contributed by atoms with Crippen LogP contribution in [0.2, 0.25) is 0 Å². The molecule has 0 saturated carbocycles. The van der Waals surface area contributed by atoms with E-state index >= 15 is 0 Å². The summed E-state index contributed by atoms with van der Waals surface area (Å²) in [5, 5.41) is 8.87. The molecular formula is C19H18N2. The molecule has 0 unspecified atom stereocenters. The van der Waals surface area contributed by atoms with Gasteiger partial charge in [0.05, 0.1) is 17.3 Å². The fourth-order valence-corrected chi connectivity index (χ4v) is 2.13. The normalized spacial score (nSPS) is 12.0. The van der Waals surface area contributed by atoms with Crippen molar-refractivity contribution in [3.05, 3.63) is 77.4 Å². The highest BCUT2D eigenvalue weighted by molar-refractivity contribution is 6.03. The van der Waals surface area contributed by atoms with Gasteiger partial charge in [0.1, 0.15) is 0 Å². The van der Waals surface area contributed by atoms with Gasteiger partial charge in [0.2, 0.25) is 0 Å². The van der Waals surface area contributed by atoms with E-state index in [0.29, 0.717) is 5.56 Å². The SMILES string of the molecule is C/C=C(\N=C(CC)c1ccc(C#N)cc1)c1ccccc1. The van der Waals surface area contributed by atoms with Crippen molar-refractivity contribution >= 4 is 11.4 Å². The topological polar surface area (TPSA) is 36.1 Å². The molecule has 0 aliphatic carbocycles. The van der Waals surface area contributed by atoms with Crippen LogP contribution in [0.15, 0.2) is 65.7 Å². The highest BCUT2D eigenvalue weighted by Crippen LogP contribution is 2.18. The zero-order chi connectivity index (χ0) is 15.1. The summed E-state index contributed by atoms with van der Waals surface area (Å²) in [6.45, 7) is 4.09. The van der Waals surface area contributed by atoms with E-state index < -0.39 is 0 Å². The summed E-state index contributed by atoms with van der Waals surface area (Å²) in [5.74, 6) is 0. The van der Waals surface area contributed by atoms with Crippen LogP contribution in [0, 0.1) is 11.3 Å². The number of nitriles is 1. The van der Waals surface area contributed by atoms with Crippen molar-refractivity contribution in [2.24, 2.45) is 4.99 Å². The second-order valence-electron chi connectivity index (χ2n) is 4.64. The molecule has 0 saturated heterocycles. The van der Waals surface area contributed by atoms with Gasteiger partial charge in [0.15, 0.2) is 0 Å². The lowest BCUT2D eigenvalue weighted by atomic mass is 10.1. The van der Waals surface area contributed by atoms with Crippen molar-refractivity contribution in [1.82, 2.24) is 0 Å². The monoisotopic (exact) mass is 274 g/mol. The van der Waals surface area contributed by atoms with Crippen molar-refractivity contribution in [3.63, 3.8) is 0 Å². The maximum Gasteiger partial charge on any atom is 0.0991 e. The first-order chi connectivity index (χ1) is 10.3. The van der Waals surface area contributed by atoms with Gasteiger partial charge >= 0.3 is 0 Å². The van der Waals surface area contributed by atoms with Gasteiger partial charge in [-0.25, -0.2) is 0 Å². The largest absolute Gasteiger partial charge is 0.253 e. The number of hydrogen-bond donors (Lipinski definition) is 0. The smallest absolute Gasteiger partial charge is 0.0991 e. The minimum absolute atomic E-state index is 0.670. The second-order valence-corrected chi connectivity index (χ2v) is 4.64. The van der Waals surface area contributed by atoms with E-state index in [1.165, 1.54) is 0 Å². The number of nitrogens with zero attached hydrogens (tertiary/aromatic N) is 2. The summed E-state index contributed by atoms with van der Waals surface area (Å²) in [4.78, 5) is 4.80. The van der Waals surface area contributed by atoms with Gasteiger partial charge in [0.25, 0.3) is 0 Å². The van der Waals surface area contributed by atoms with Crippen molar-refractivity contribution in [2.45, 2.75) is 20.3 Å². The van der Waals surface area contributed by atoms with E-state index in [4.69, 9.17) is 10.3 Å². The molecule has 0 radical (unpaired) electrons. The molecule has 0 aliphatic rings. The fourth-order valence-electron chi connectivity index (χ4n) is 2.13. The number of benzene rings is 2. The summed E-state index contributed by atoms with van der Waals surface area (Å²) in [5.41, 5.74) is 4.84. The van der Waals surface area contributed by atoms with E-state index in [1.54, 1.807) is 0 Å². The van der Waals surface area contributed by atoms with Crippen LogP contribution in [-0.4, -0.2) is 5.71 Å². The maximum absolute atomic E-state index is 8.87. The Kier molecular flexibility index (Phi) is 5.06. The maximum atomic E-state index is 8.87. The summed E-state index contributed by atoms with van der Waals surface area (Å²) in [7, 11) is 0. The van der Waals surface area contributed by atoms with Crippen molar-refractivity contribution in [3.8, 4) is 6.07 Å². The standard InChI is InChI=1S/C19H18N2/c1-3-18(16-8-6-5-7-9-16)21-19(4-2)17-12-10-15(14-20)11-13-17/h3,5-13H,4H2,1-2H3/b18-3-,21-19?. The van der Waals surface area contributed by atoms with Gasteiger partial charge in [-0.1, -0.05) is 55.5 Å². The highest BCUT2D eigenvalue weighted by Gasteiger charge is 2.04. The quantitative estimate of drug-likeness (QED) is 0.736. The average molecular weight is 274 g/mol. The third-order valence-electron chi connectivity index (χ3n) is 3.28. The van der Waals surface area contributed by atoms with Gasteiger partial charge in [-0.05, 0) is 36.6 Å². The van der Waals surface area contributed by atoms with E-state index in [9.17, 15) is 0 Å². The summed E-state index contributed by atoms with van der Waals surface area (Å²) in [6.07, 6.45) is 2.87. The molecular weight excluding hydrogens is 256 g/mol. The minimum Gasteiger partial charge on any atom is -0.253 e. The Labute approximate surface area is 126 Å². The number of allylic oxidation sites excluding steroid dienone is 1. The van der Waals surface area contributed by atoms with Gasteiger partial charge in [0, 0.05) is 5.71 Å². The van der Waals surface area contributed by atoms with Gasteiger partial charge < -0.3 is 0 Å². The van der Waals surface area contributed by atoms with Gasteiger partial charge in [-0.2, -0.15) is 5.26 Å². The summed E-state index contributed by atoms with van der Waals surface area (Å²) < 4.78 is 0. The molecule has 0 spiro atoms. The zero-order valence-corrected chi connectivity index (χ0v) is 12.4. The van der Waals surface area contributed by atoms with Crippen LogP contribution in [0.5, 0.6) is 0 Å². The Morgan fingerprint density at radius 1 is 1.05 bits per heavy atom. The molecule has 0 heterocycles. The zero-order valence-electron chi connectivity index (χ0n) is 12.4. The first kappa shape index (κ1) is 14.7. The molecule has 0 fully saturated rings. The molecule has 104 valence electrons. The summed E-state index contributed by atoms with van der Waals surface area (Å²) >= 11 is 0. The van der Waals surface area contributed by atoms with Crippen LogP contribution in [0.1, 0.15) is 37.0 Å². The predicted octanol–water partition coefficient (Wildman–Crippen LogP) is 4.82. The van der Waals surface area contributed by atoms with Gasteiger partial charge in [-0.3, -0.25) is 4.99 Å². The molecule has 2 rings (SSSR count). The summed E-state index contributed by atoms with van der Waals surface area (Å²) in [6, 6.07) is 19.9. The first-order valence-corrected chi connectivity index (χ1v) is 7.08. The lowest BCUT2D eigenvalue weighted by Crippen LogP contribution is -2.00. The van der Waals surface area contributed by atoms with Crippen LogP contribution < -0.4 is 0 Å². The van der Waals surface area contributed by atoms with Crippen LogP contribution >= 0.6 is 0 Å². The third-order valence-corrected chi connectivity index (χ3v) is 3.28.